The number of H-pyrrole nitrogens is 1. The molecule has 0 unspecified atom stereocenters. The van der Waals surface area contributed by atoms with Gasteiger partial charge in [-0.05, 0) is 43.5 Å². The zero-order chi connectivity index (χ0) is 14.3. The number of rotatable bonds is 2. The van der Waals surface area contributed by atoms with Crippen LogP contribution in [0.25, 0.3) is 11.3 Å². The zero-order valence-corrected chi connectivity index (χ0v) is 11.9. The molecule has 1 fully saturated rings. The Kier molecular flexibility index (Phi) is 2.88. The molecule has 1 aromatic heterocycles. The van der Waals surface area contributed by atoms with Gasteiger partial charge in [0.25, 0.3) is 0 Å². The fourth-order valence-corrected chi connectivity index (χ4v) is 2.51. The first-order valence-corrected chi connectivity index (χ1v) is 6.68. The molecule has 0 bridgehead atoms. The first kappa shape index (κ1) is 12.9. The zero-order valence-electron chi connectivity index (χ0n) is 11.9. The maximum Gasteiger partial charge on any atom is 0.161 e. The Bertz CT molecular complexity index is 705. The highest BCUT2D eigenvalue weighted by atomic mass is 16.5. The molecular formula is C16H17N3O. The lowest BCUT2D eigenvalue weighted by Crippen LogP contribution is -2.46. The Labute approximate surface area is 118 Å². The van der Waals surface area contributed by atoms with Crippen molar-refractivity contribution in [2.45, 2.75) is 26.2 Å². The second-order valence-electron chi connectivity index (χ2n) is 5.58. The topological polar surface area (TPSA) is 61.7 Å². The third kappa shape index (κ3) is 1.83. The fourth-order valence-electron chi connectivity index (χ4n) is 2.51. The summed E-state index contributed by atoms with van der Waals surface area (Å²) in [6.07, 6.45) is 1.81. The van der Waals surface area contributed by atoms with Gasteiger partial charge in [0.15, 0.2) is 5.41 Å². The van der Waals surface area contributed by atoms with E-state index >= 15 is 0 Å². The molecule has 1 aliphatic heterocycles. The molecule has 4 heteroatoms. The number of nitriles is 1. The number of nitrogens with one attached hydrogen (secondary N) is 1. The average Bonchev–Trinajstić information content (AvgIpc) is 2.83. The van der Waals surface area contributed by atoms with Crippen LogP contribution in [-0.2, 0) is 10.2 Å². The van der Waals surface area contributed by atoms with Crippen molar-refractivity contribution in [2.75, 3.05) is 13.2 Å². The van der Waals surface area contributed by atoms with Crippen LogP contribution in [0.4, 0.5) is 0 Å². The lowest BCUT2D eigenvalue weighted by molar-refractivity contribution is -0.0335. The largest absolute Gasteiger partial charge is 0.377 e. The lowest BCUT2D eigenvalue weighted by atomic mass is 9.87. The van der Waals surface area contributed by atoms with E-state index in [9.17, 15) is 5.26 Å². The normalized spacial score (nSPS) is 16.5. The van der Waals surface area contributed by atoms with Crippen molar-refractivity contribution >= 4 is 0 Å². The van der Waals surface area contributed by atoms with Crippen molar-refractivity contribution in [3.8, 4) is 17.3 Å². The van der Waals surface area contributed by atoms with E-state index in [4.69, 9.17) is 4.74 Å². The molecule has 0 aliphatic carbocycles. The molecular weight excluding hydrogens is 250 g/mol. The Hall–Kier alpha value is -2.12. The van der Waals surface area contributed by atoms with Crippen LogP contribution in [0.1, 0.15) is 22.5 Å². The van der Waals surface area contributed by atoms with Gasteiger partial charge in [-0.15, -0.1) is 0 Å². The van der Waals surface area contributed by atoms with Crippen molar-refractivity contribution in [2.24, 2.45) is 0 Å². The molecule has 0 spiro atoms. The first-order chi connectivity index (χ1) is 9.55. The van der Waals surface area contributed by atoms with Crippen LogP contribution in [-0.4, -0.2) is 23.2 Å². The van der Waals surface area contributed by atoms with Gasteiger partial charge in [-0.25, -0.2) is 4.98 Å². The Morgan fingerprint density at radius 1 is 1.20 bits per heavy atom. The molecule has 2 heterocycles. The summed E-state index contributed by atoms with van der Waals surface area (Å²) in [5.41, 5.74) is 5.25. The summed E-state index contributed by atoms with van der Waals surface area (Å²) in [7, 11) is 0. The lowest BCUT2D eigenvalue weighted by Gasteiger charge is -2.32. The summed E-state index contributed by atoms with van der Waals surface area (Å²) in [4.78, 5) is 7.69. The van der Waals surface area contributed by atoms with Crippen LogP contribution in [0, 0.1) is 32.1 Å². The molecule has 102 valence electrons. The Morgan fingerprint density at radius 3 is 2.50 bits per heavy atom. The molecule has 3 rings (SSSR count). The molecule has 1 saturated heterocycles. The highest BCUT2D eigenvalue weighted by Gasteiger charge is 2.43. The van der Waals surface area contributed by atoms with Crippen molar-refractivity contribution < 1.29 is 4.74 Å². The van der Waals surface area contributed by atoms with E-state index in [-0.39, 0.29) is 0 Å². The average molecular weight is 267 g/mol. The van der Waals surface area contributed by atoms with Crippen LogP contribution in [0.15, 0.2) is 18.3 Å². The third-order valence-electron chi connectivity index (χ3n) is 4.07. The van der Waals surface area contributed by atoms with E-state index in [2.05, 4.69) is 48.9 Å². The molecule has 1 aromatic carbocycles. The van der Waals surface area contributed by atoms with E-state index in [0.717, 1.165) is 11.3 Å². The molecule has 1 aliphatic rings. The predicted molar refractivity (Wildman–Crippen MR) is 76.3 cm³/mol. The Balaban J connectivity index is 2.03. The third-order valence-corrected chi connectivity index (χ3v) is 4.07. The number of aromatic amines is 1. The van der Waals surface area contributed by atoms with Crippen LogP contribution in [0.3, 0.4) is 0 Å². The van der Waals surface area contributed by atoms with Crippen LogP contribution >= 0.6 is 0 Å². The van der Waals surface area contributed by atoms with Crippen LogP contribution < -0.4 is 0 Å². The molecule has 0 amide bonds. The maximum atomic E-state index is 9.31. The van der Waals surface area contributed by atoms with Gasteiger partial charge in [0.2, 0.25) is 0 Å². The van der Waals surface area contributed by atoms with E-state index in [1.165, 1.54) is 16.7 Å². The van der Waals surface area contributed by atoms with Crippen LogP contribution in [0.5, 0.6) is 0 Å². The van der Waals surface area contributed by atoms with Gasteiger partial charge in [0.1, 0.15) is 5.82 Å². The number of hydrogen-bond donors (Lipinski definition) is 1. The highest BCUT2D eigenvalue weighted by Crippen LogP contribution is 2.32. The number of imidazole rings is 1. The number of ether oxygens (including phenoxy) is 1. The minimum Gasteiger partial charge on any atom is -0.377 e. The van der Waals surface area contributed by atoms with Crippen molar-refractivity contribution in [1.29, 1.82) is 5.26 Å². The standard InChI is InChI=1S/C16H17N3O/c1-10-4-12(3)13(5-11(10)2)14-6-18-15(19-14)16(7-17)8-20-9-16/h4-6H,8-9H2,1-3H3,(H,18,19). The van der Waals surface area contributed by atoms with Gasteiger partial charge < -0.3 is 9.72 Å². The summed E-state index contributed by atoms with van der Waals surface area (Å²) in [5, 5.41) is 9.31. The number of aryl methyl sites for hydroxylation is 3. The van der Waals surface area contributed by atoms with E-state index in [1.807, 2.05) is 6.20 Å². The van der Waals surface area contributed by atoms with Gasteiger partial charge in [0, 0.05) is 5.56 Å². The smallest absolute Gasteiger partial charge is 0.161 e. The minimum atomic E-state index is -0.591. The second-order valence-corrected chi connectivity index (χ2v) is 5.58. The molecule has 20 heavy (non-hydrogen) atoms. The van der Waals surface area contributed by atoms with Gasteiger partial charge in [-0.1, -0.05) is 6.07 Å². The van der Waals surface area contributed by atoms with Gasteiger partial charge in [-0.2, -0.15) is 5.26 Å². The summed E-state index contributed by atoms with van der Waals surface area (Å²) in [5.74, 6) is 0.707. The van der Waals surface area contributed by atoms with Gasteiger partial charge in [0.05, 0.1) is 31.2 Å². The maximum absolute atomic E-state index is 9.31. The summed E-state index contributed by atoms with van der Waals surface area (Å²) in [6, 6.07) is 6.66. The highest BCUT2D eigenvalue weighted by molar-refractivity contribution is 5.65. The quantitative estimate of drug-likeness (QED) is 0.910. The second kappa shape index (κ2) is 4.46. The number of hydrogen-bond acceptors (Lipinski definition) is 3. The number of nitrogens with zero attached hydrogens (tertiary/aromatic N) is 2. The number of benzene rings is 1. The van der Waals surface area contributed by atoms with Crippen molar-refractivity contribution in [1.82, 2.24) is 9.97 Å². The summed E-state index contributed by atoms with van der Waals surface area (Å²) in [6.45, 7) is 7.15. The molecule has 0 saturated carbocycles. The monoisotopic (exact) mass is 267 g/mol. The van der Waals surface area contributed by atoms with E-state index in [0.29, 0.717) is 19.0 Å². The fraction of sp³-hybridized carbons (Fsp3) is 0.375. The predicted octanol–water partition coefficient (Wildman–Crippen LogP) is 2.79. The van der Waals surface area contributed by atoms with Gasteiger partial charge >= 0.3 is 0 Å². The summed E-state index contributed by atoms with van der Waals surface area (Å²) < 4.78 is 5.17. The summed E-state index contributed by atoms with van der Waals surface area (Å²) >= 11 is 0. The molecule has 4 nitrogen and oxygen atoms in total. The van der Waals surface area contributed by atoms with Crippen LogP contribution in [0.2, 0.25) is 0 Å². The SMILES string of the molecule is Cc1cc(C)c(-c2cnc(C3(C#N)COC3)[nH]2)cc1C. The first-order valence-electron chi connectivity index (χ1n) is 6.68. The molecule has 2 aromatic rings. The van der Waals surface area contributed by atoms with Gasteiger partial charge in [-0.3, -0.25) is 0 Å². The van der Waals surface area contributed by atoms with E-state index < -0.39 is 5.41 Å². The van der Waals surface area contributed by atoms with Crippen molar-refractivity contribution in [3.63, 3.8) is 0 Å². The number of aromatic nitrogens is 2. The Morgan fingerprint density at radius 2 is 1.90 bits per heavy atom. The molecule has 1 N–H and O–H groups in total. The molecule has 0 radical (unpaired) electrons. The van der Waals surface area contributed by atoms with Crippen molar-refractivity contribution in [3.05, 3.63) is 40.8 Å². The minimum absolute atomic E-state index is 0.419. The molecule has 0 atom stereocenters. The van der Waals surface area contributed by atoms with E-state index in [1.54, 1.807) is 0 Å².